The van der Waals surface area contributed by atoms with Crippen molar-refractivity contribution >= 4 is 6.03 Å². The average molecular weight is 460 g/mol. The Morgan fingerprint density at radius 3 is 2.03 bits per heavy atom. The van der Waals surface area contributed by atoms with Gasteiger partial charge in [-0.2, -0.15) is 0 Å². The molecule has 1 saturated carbocycles. The van der Waals surface area contributed by atoms with Gasteiger partial charge < -0.3 is 24.7 Å². The molecule has 3 aliphatic rings. The van der Waals surface area contributed by atoms with Crippen LogP contribution in [0.5, 0.6) is 0 Å². The van der Waals surface area contributed by atoms with Crippen LogP contribution in [0.15, 0.2) is 30.3 Å². The van der Waals surface area contributed by atoms with Crippen molar-refractivity contribution in [2.75, 3.05) is 53.5 Å². The summed E-state index contributed by atoms with van der Waals surface area (Å²) in [5.74, 6) is 0. The molecule has 1 aromatic carbocycles. The van der Waals surface area contributed by atoms with Crippen LogP contribution in [-0.4, -0.2) is 95.6 Å². The number of amides is 2. The number of urea groups is 1. The van der Waals surface area contributed by atoms with Gasteiger partial charge in [-0.05, 0) is 58.2 Å². The summed E-state index contributed by atoms with van der Waals surface area (Å²) in [5, 5.41) is 22.1. The Hall–Kier alpha value is -1.67. The van der Waals surface area contributed by atoms with Gasteiger partial charge in [0.1, 0.15) is 0 Å². The SMILES string of the molecule is CN(C)[C@@]1(c2ccccc2)CCCN(CC2(O)CCOCC2)C(=O)N(CC2(O)CCC2)CC1. The van der Waals surface area contributed by atoms with E-state index in [2.05, 4.69) is 43.3 Å². The normalized spacial score (nSPS) is 28.1. The lowest BCUT2D eigenvalue weighted by molar-refractivity contribution is -0.0789. The van der Waals surface area contributed by atoms with Crippen LogP contribution in [0.2, 0.25) is 0 Å². The van der Waals surface area contributed by atoms with Crippen LogP contribution in [0.25, 0.3) is 0 Å². The standard InChI is InChI=1S/C26H41N3O4/c1-27(2)26(22-8-4-3-5-9-22)12-7-16-28(21-25(32)14-18-33-19-15-25)23(30)29(17-13-26)20-24(31)10-6-11-24/h3-5,8-9,31-32H,6-7,10-21H2,1-2H3/t26-/m0/s1. The van der Waals surface area contributed by atoms with Crippen molar-refractivity contribution in [1.82, 2.24) is 14.7 Å². The summed E-state index contributed by atoms with van der Waals surface area (Å²) in [5.41, 5.74) is -0.605. The first kappa shape index (κ1) is 24.5. The third-order valence-corrected chi connectivity index (χ3v) is 8.20. The Morgan fingerprint density at radius 1 is 0.848 bits per heavy atom. The quantitative estimate of drug-likeness (QED) is 0.684. The fraction of sp³-hybridized carbons (Fsp3) is 0.731. The van der Waals surface area contributed by atoms with E-state index in [1.165, 1.54) is 5.56 Å². The topological polar surface area (TPSA) is 76.5 Å². The first-order chi connectivity index (χ1) is 15.8. The van der Waals surface area contributed by atoms with Gasteiger partial charge in [-0.3, -0.25) is 4.90 Å². The van der Waals surface area contributed by atoms with Gasteiger partial charge in [-0.15, -0.1) is 0 Å². The molecule has 2 amide bonds. The summed E-state index contributed by atoms with van der Waals surface area (Å²) in [6, 6.07) is 10.5. The van der Waals surface area contributed by atoms with Gasteiger partial charge in [0, 0.05) is 44.7 Å². The Balaban J connectivity index is 1.61. The fourth-order valence-electron chi connectivity index (χ4n) is 5.80. The highest BCUT2D eigenvalue weighted by molar-refractivity contribution is 5.74. The van der Waals surface area contributed by atoms with Crippen LogP contribution in [0.1, 0.15) is 56.9 Å². The number of nitrogens with zero attached hydrogens (tertiary/aromatic N) is 3. The van der Waals surface area contributed by atoms with Crippen molar-refractivity contribution in [1.29, 1.82) is 0 Å². The van der Waals surface area contributed by atoms with Gasteiger partial charge in [0.05, 0.1) is 24.3 Å². The third-order valence-electron chi connectivity index (χ3n) is 8.20. The second-order valence-corrected chi connectivity index (χ2v) is 10.7. The van der Waals surface area contributed by atoms with Crippen LogP contribution >= 0.6 is 0 Å². The van der Waals surface area contributed by atoms with E-state index in [1.807, 2.05) is 15.9 Å². The minimum atomic E-state index is -0.904. The van der Waals surface area contributed by atoms with Gasteiger partial charge in [-0.1, -0.05) is 30.3 Å². The van der Waals surface area contributed by atoms with E-state index in [0.29, 0.717) is 52.2 Å². The second-order valence-electron chi connectivity index (χ2n) is 10.7. The van der Waals surface area contributed by atoms with Crippen molar-refractivity contribution in [3.63, 3.8) is 0 Å². The number of hydrogen-bond donors (Lipinski definition) is 2. The summed E-state index contributed by atoms with van der Waals surface area (Å²) in [6.45, 7) is 2.91. The van der Waals surface area contributed by atoms with Gasteiger partial charge >= 0.3 is 6.03 Å². The number of benzene rings is 1. The molecule has 3 fully saturated rings. The molecule has 0 radical (unpaired) electrons. The highest BCUT2D eigenvalue weighted by Crippen LogP contribution is 2.38. The van der Waals surface area contributed by atoms with Crippen molar-refractivity contribution in [3.8, 4) is 0 Å². The molecule has 0 bridgehead atoms. The largest absolute Gasteiger partial charge is 0.388 e. The van der Waals surface area contributed by atoms with Gasteiger partial charge in [-0.25, -0.2) is 4.79 Å². The predicted octanol–water partition coefficient (Wildman–Crippen LogP) is 2.81. The Kier molecular flexibility index (Phi) is 7.34. The lowest BCUT2D eigenvalue weighted by Gasteiger charge is -2.44. The first-order valence-electron chi connectivity index (χ1n) is 12.5. The van der Waals surface area contributed by atoms with E-state index in [-0.39, 0.29) is 11.6 Å². The zero-order valence-electron chi connectivity index (χ0n) is 20.3. The maximum Gasteiger partial charge on any atom is 0.320 e. The van der Waals surface area contributed by atoms with Crippen LogP contribution in [0.3, 0.4) is 0 Å². The average Bonchev–Trinajstić information content (AvgIpc) is 2.84. The molecule has 7 nitrogen and oxygen atoms in total. The van der Waals surface area contributed by atoms with E-state index in [9.17, 15) is 15.0 Å². The molecule has 2 N–H and O–H groups in total. The highest BCUT2D eigenvalue weighted by Gasteiger charge is 2.43. The van der Waals surface area contributed by atoms with E-state index in [4.69, 9.17) is 4.74 Å². The van der Waals surface area contributed by atoms with Crippen molar-refractivity contribution < 1.29 is 19.7 Å². The number of hydrogen-bond acceptors (Lipinski definition) is 5. The van der Waals surface area contributed by atoms with Crippen LogP contribution in [0.4, 0.5) is 4.79 Å². The maximum absolute atomic E-state index is 13.8. The Bertz CT molecular complexity index is 792. The maximum atomic E-state index is 13.8. The summed E-state index contributed by atoms with van der Waals surface area (Å²) < 4.78 is 5.44. The molecule has 0 spiro atoms. The molecule has 1 aliphatic carbocycles. The zero-order valence-corrected chi connectivity index (χ0v) is 20.3. The molecule has 1 atom stereocenters. The lowest BCUT2D eigenvalue weighted by Crippen LogP contribution is -2.56. The summed E-state index contributed by atoms with van der Waals surface area (Å²) in [7, 11) is 4.25. The minimum absolute atomic E-state index is 0.0575. The summed E-state index contributed by atoms with van der Waals surface area (Å²) >= 11 is 0. The zero-order chi connectivity index (χ0) is 23.5. The molecule has 4 rings (SSSR count). The van der Waals surface area contributed by atoms with Crippen molar-refractivity contribution in [2.45, 2.75) is 68.1 Å². The number of carbonyl (C=O) groups excluding carboxylic acids is 1. The minimum Gasteiger partial charge on any atom is -0.388 e. The smallest absolute Gasteiger partial charge is 0.320 e. The van der Waals surface area contributed by atoms with Crippen LogP contribution in [0, 0.1) is 0 Å². The third kappa shape index (κ3) is 5.37. The first-order valence-corrected chi connectivity index (χ1v) is 12.5. The van der Waals surface area contributed by atoms with Crippen molar-refractivity contribution in [2.24, 2.45) is 0 Å². The summed E-state index contributed by atoms with van der Waals surface area (Å²) in [4.78, 5) is 19.8. The molecule has 1 aromatic rings. The molecule has 0 aromatic heterocycles. The molecule has 33 heavy (non-hydrogen) atoms. The second kappa shape index (κ2) is 9.90. The van der Waals surface area contributed by atoms with Gasteiger partial charge in [0.15, 0.2) is 0 Å². The number of aliphatic hydroxyl groups is 2. The molecule has 2 saturated heterocycles. The number of carbonyl (C=O) groups is 1. The van der Waals surface area contributed by atoms with E-state index in [0.717, 1.165) is 38.5 Å². The molecule has 2 aliphatic heterocycles. The number of ether oxygens (including phenoxy) is 1. The number of β-amino-alcohol motifs (C(OH)–C–C–N with tert-alkyl or cyclic N) is 2. The van der Waals surface area contributed by atoms with E-state index in [1.54, 1.807) is 0 Å². The highest BCUT2D eigenvalue weighted by atomic mass is 16.5. The van der Waals surface area contributed by atoms with Gasteiger partial charge in [0.25, 0.3) is 0 Å². The Morgan fingerprint density at radius 2 is 1.45 bits per heavy atom. The molecular formula is C26H41N3O4. The molecule has 2 heterocycles. The molecule has 0 unspecified atom stereocenters. The number of rotatable bonds is 6. The fourth-order valence-corrected chi connectivity index (χ4v) is 5.80. The van der Waals surface area contributed by atoms with Gasteiger partial charge in [0.2, 0.25) is 0 Å². The molecular weight excluding hydrogens is 418 g/mol. The van der Waals surface area contributed by atoms with Crippen LogP contribution < -0.4 is 0 Å². The monoisotopic (exact) mass is 459 g/mol. The lowest BCUT2D eigenvalue weighted by atomic mass is 9.79. The Labute approximate surface area is 198 Å². The predicted molar refractivity (Wildman–Crippen MR) is 128 cm³/mol. The van der Waals surface area contributed by atoms with Crippen molar-refractivity contribution in [3.05, 3.63) is 35.9 Å². The van der Waals surface area contributed by atoms with Crippen LogP contribution in [-0.2, 0) is 10.3 Å². The van der Waals surface area contributed by atoms with E-state index >= 15 is 0 Å². The summed E-state index contributed by atoms with van der Waals surface area (Å²) in [6.07, 6.45) is 6.17. The molecule has 7 heteroatoms. The molecule has 184 valence electrons. The van der Waals surface area contributed by atoms with E-state index < -0.39 is 11.2 Å².